The second-order valence-corrected chi connectivity index (χ2v) is 5.94. The second-order valence-electron chi connectivity index (χ2n) is 5.94. The second kappa shape index (κ2) is 10.4. The van der Waals surface area contributed by atoms with Crippen molar-refractivity contribution in [2.75, 3.05) is 26.2 Å². The predicted octanol–water partition coefficient (Wildman–Crippen LogP) is 2.88. The molecule has 2 rings (SSSR count). The van der Waals surface area contributed by atoms with Crippen LogP contribution in [0.4, 0.5) is 0 Å². The van der Waals surface area contributed by atoms with Gasteiger partial charge in [-0.15, -0.1) is 24.0 Å². The number of hydrogen-bond donors (Lipinski definition) is 2. The topological polar surface area (TPSA) is 53.6 Å². The van der Waals surface area contributed by atoms with Crippen LogP contribution in [0.15, 0.2) is 16.6 Å². The molecule has 5 heteroatoms. The van der Waals surface area contributed by atoms with E-state index in [1.54, 1.807) is 5.57 Å². The van der Waals surface area contributed by atoms with E-state index in [1.165, 1.54) is 45.1 Å². The zero-order chi connectivity index (χ0) is 14.2. The van der Waals surface area contributed by atoms with Crippen LogP contribution in [0, 0.1) is 0 Å². The summed E-state index contributed by atoms with van der Waals surface area (Å²) >= 11 is 0. The molecule has 1 aliphatic heterocycles. The molecule has 0 aromatic carbocycles. The number of likely N-dealkylation sites (N-methyl/N-ethyl adjacent to an activating group) is 1. The van der Waals surface area contributed by atoms with Gasteiger partial charge in [0.15, 0.2) is 5.96 Å². The third kappa shape index (κ3) is 6.55. The van der Waals surface area contributed by atoms with E-state index in [0.29, 0.717) is 12.0 Å². The lowest BCUT2D eigenvalue weighted by Gasteiger charge is -2.21. The van der Waals surface area contributed by atoms with Crippen molar-refractivity contribution in [3.63, 3.8) is 0 Å². The summed E-state index contributed by atoms with van der Waals surface area (Å²) in [6, 6.07) is 0.599. The van der Waals surface area contributed by atoms with Gasteiger partial charge in [0.2, 0.25) is 0 Å². The molecule has 1 aliphatic carbocycles. The minimum Gasteiger partial charge on any atom is -0.370 e. The highest BCUT2D eigenvalue weighted by Crippen LogP contribution is 2.19. The molecule has 0 aromatic rings. The Kier molecular flexibility index (Phi) is 9.31. The molecule has 1 fully saturated rings. The summed E-state index contributed by atoms with van der Waals surface area (Å²) in [6.07, 6.45) is 11.3. The summed E-state index contributed by atoms with van der Waals surface area (Å²) in [5.41, 5.74) is 7.54. The average molecular weight is 406 g/mol. The van der Waals surface area contributed by atoms with Gasteiger partial charge in [-0.05, 0) is 58.0 Å². The third-order valence-electron chi connectivity index (χ3n) is 4.51. The molecule has 4 nitrogen and oxygen atoms in total. The van der Waals surface area contributed by atoms with Gasteiger partial charge in [0, 0.05) is 12.6 Å². The molecule has 1 atom stereocenters. The fourth-order valence-corrected chi connectivity index (χ4v) is 3.26. The first-order chi connectivity index (χ1) is 9.79. The number of nitrogens with one attached hydrogen (secondary N) is 1. The van der Waals surface area contributed by atoms with E-state index in [2.05, 4.69) is 28.2 Å². The van der Waals surface area contributed by atoms with Crippen molar-refractivity contribution in [3.05, 3.63) is 11.6 Å². The number of hydrogen-bond acceptors (Lipinski definition) is 2. The maximum Gasteiger partial charge on any atom is 0.188 e. The maximum atomic E-state index is 5.96. The Morgan fingerprint density at radius 2 is 2.29 bits per heavy atom. The number of halogens is 1. The minimum absolute atomic E-state index is 0. The number of rotatable bonds is 6. The number of nitrogens with zero attached hydrogens (tertiary/aromatic N) is 2. The molecule has 0 saturated carbocycles. The molecular formula is C16H31IN4. The van der Waals surface area contributed by atoms with Crippen molar-refractivity contribution < 1.29 is 0 Å². The van der Waals surface area contributed by atoms with Gasteiger partial charge in [0.25, 0.3) is 0 Å². The van der Waals surface area contributed by atoms with Gasteiger partial charge in [-0.3, -0.25) is 9.89 Å². The number of aliphatic imine (C=N–C) groups is 1. The monoisotopic (exact) mass is 406 g/mol. The predicted molar refractivity (Wildman–Crippen MR) is 101 cm³/mol. The van der Waals surface area contributed by atoms with Crippen LogP contribution in [0.5, 0.6) is 0 Å². The van der Waals surface area contributed by atoms with Crippen LogP contribution in [0.25, 0.3) is 0 Å². The molecule has 0 bridgehead atoms. The first-order valence-corrected chi connectivity index (χ1v) is 8.25. The Morgan fingerprint density at radius 1 is 1.43 bits per heavy atom. The number of nitrogens with two attached hydrogens (primary N) is 1. The lowest BCUT2D eigenvalue weighted by Crippen LogP contribution is -2.36. The summed E-state index contributed by atoms with van der Waals surface area (Å²) in [5, 5.41) is 3.26. The summed E-state index contributed by atoms with van der Waals surface area (Å²) in [5.74, 6) is 0.615. The summed E-state index contributed by atoms with van der Waals surface area (Å²) in [7, 11) is 0. The van der Waals surface area contributed by atoms with Crippen LogP contribution in [-0.4, -0.2) is 43.1 Å². The van der Waals surface area contributed by atoms with Gasteiger partial charge in [-0.2, -0.15) is 0 Å². The molecule has 1 unspecified atom stereocenters. The molecule has 0 spiro atoms. The van der Waals surface area contributed by atoms with Crippen molar-refractivity contribution >= 4 is 29.9 Å². The van der Waals surface area contributed by atoms with E-state index in [1.807, 2.05) is 0 Å². The van der Waals surface area contributed by atoms with Crippen molar-refractivity contribution in [1.82, 2.24) is 10.2 Å². The lowest BCUT2D eigenvalue weighted by molar-refractivity contribution is 0.273. The first kappa shape index (κ1) is 18.7. The Balaban J connectivity index is 0.00000220. The molecule has 0 aromatic heterocycles. The lowest BCUT2D eigenvalue weighted by atomic mass is 9.97. The Bertz CT molecular complexity index is 354. The largest absolute Gasteiger partial charge is 0.370 e. The van der Waals surface area contributed by atoms with Crippen LogP contribution < -0.4 is 11.1 Å². The minimum atomic E-state index is 0. The van der Waals surface area contributed by atoms with Crippen molar-refractivity contribution in [3.8, 4) is 0 Å². The SMILES string of the molecule is CCN1CCCC1CN=C(N)NCCC1=CCCCC1.I. The van der Waals surface area contributed by atoms with Gasteiger partial charge in [0.1, 0.15) is 0 Å². The molecule has 122 valence electrons. The summed E-state index contributed by atoms with van der Waals surface area (Å²) in [4.78, 5) is 7.01. The number of likely N-dealkylation sites (tertiary alicyclic amines) is 1. The van der Waals surface area contributed by atoms with Crippen LogP contribution in [0.1, 0.15) is 51.9 Å². The van der Waals surface area contributed by atoms with E-state index in [-0.39, 0.29) is 24.0 Å². The molecule has 21 heavy (non-hydrogen) atoms. The fraction of sp³-hybridized carbons (Fsp3) is 0.812. The normalized spacial score (nSPS) is 23.6. The molecule has 1 saturated heterocycles. The third-order valence-corrected chi connectivity index (χ3v) is 4.51. The zero-order valence-electron chi connectivity index (χ0n) is 13.3. The van der Waals surface area contributed by atoms with E-state index in [9.17, 15) is 0 Å². The first-order valence-electron chi connectivity index (χ1n) is 8.25. The van der Waals surface area contributed by atoms with Crippen molar-refractivity contribution in [2.45, 2.75) is 57.9 Å². The zero-order valence-corrected chi connectivity index (χ0v) is 15.6. The molecule has 0 amide bonds. The van der Waals surface area contributed by atoms with E-state index >= 15 is 0 Å². The quantitative estimate of drug-likeness (QED) is 0.309. The van der Waals surface area contributed by atoms with Crippen LogP contribution in [0.3, 0.4) is 0 Å². The van der Waals surface area contributed by atoms with Crippen LogP contribution in [-0.2, 0) is 0 Å². The van der Waals surface area contributed by atoms with Crippen molar-refractivity contribution in [2.24, 2.45) is 10.7 Å². The molecular weight excluding hydrogens is 375 g/mol. The standard InChI is InChI=1S/C16H30N4.HI/c1-2-20-12-6-9-15(20)13-19-16(17)18-11-10-14-7-4-3-5-8-14;/h7,15H,2-6,8-13H2,1H3,(H3,17,18,19);1H. The Morgan fingerprint density at radius 3 is 3.00 bits per heavy atom. The van der Waals surface area contributed by atoms with E-state index in [4.69, 9.17) is 5.73 Å². The van der Waals surface area contributed by atoms with Crippen molar-refractivity contribution in [1.29, 1.82) is 0 Å². The maximum absolute atomic E-state index is 5.96. The fourth-order valence-electron chi connectivity index (χ4n) is 3.26. The van der Waals surface area contributed by atoms with Crippen LogP contribution in [0.2, 0.25) is 0 Å². The number of allylic oxidation sites excluding steroid dienone is 1. The van der Waals surface area contributed by atoms with Crippen LogP contribution >= 0.6 is 24.0 Å². The van der Waals surface area contributed by atoms with Gasteiger partial charge in [-0.25, -0.2) is 0 Å². The summed E-state index contributed by atoms with van der Waals surface area (Å²) in [6.45, 7) is 6.33. The van der Waals surface area contributed by atoms with Gasteiger partial charge in [-0.1, -0.05) is 18.6 Å². The highest BCUT2D eigenvalue weighted by Gasteiger charge is 2.22. The molecule has 1 heterocycles. The van der Waals surface area contributed by atoms with Gasteiger partial charge >= 0.3 is 0 Å². The summed E-state index contributed by atoms with van der Waals surface area (Å²) < 4.78 is 0. The van der Waals surface area contributed by atoms with E-state index < -0.39 is 0 Å². The van der Waals surface area contributed by atoms with Gasteiger partial charge < -0.3 is 11.1 Å². The smallest absolute Gasteiger partial charge is 0.188 e. The highest BCUT2D eigenvalue weighted by molar-refractivity contribution is 14.0. The Hall–Kier alpha value is -0.300. The average Bonchev–Trinajstić information content (AvgIpc) is 2.94. The van der Waals surface area contributed by atoms with E-state index in [0.717, 1.165) is 26.1 Å². The molecule has 0 radical (unpaired) electrons. The van der Waals surface area contributed by atoms with Gasteiger partial charge in [0.05, 0.1) is 6.54 Å². The molecule has 3 N–H and O–H groups in total. The highest BCUT2D eigenvalue weighted by atomic mass is 127. The number of guanidine groups is 1. The Labute approximate surface area is 146 Å². The molecule has 2 aliphatic rings.